The molecule has 8 heteroatoms. The van der Waals surface area contributed by atoms with Crippen molar-refractivity contribution < 1.29 is 13.2 Å². The fourth-order valence-corrected chi connectivity index (χ4v) is 3.46. The van der Waals surface area contributed by atoms with E-state index in [0.717, 1.165) is 22.4 Å². The van der Waals surface area contributed by atoms with E-state index < -0.39 is 9.84 Å². The average molecular weight is 398 g/mol. The third kappa shape index (κ3) is 5.04. The summed E-state index contributed by atoms with van der Waals surface area (Å²) in [6.07, 6.45) is 7.38. The highest BCUT2D eigenvalue weighted by Crippen LogP contribution is 2.20. The Bertz CT molecular complexity index is 1070. The molecule has 0 unspecified atom stereocenters. The SMILES string of the molecule is Cn1cc(-c2ncccc2CNC(=O)CCc2ccc(S(C)(=O)=O)cc2)cn1. The van der Waals surface area contributed by atoms with Crippen molar-refractivity contribution in [2.75, 3.05) is 6.26 Å². The molecular formula is C20H22N4O3S. The van der Waals surface area contributed by atoms with Crippen LogP contribution in [0.1, 0.15) is 17.5 Å². The van der Waals surface area contributed by atoms with E-state index in [1.54, 1.807) is 41.3 Å². The summed E-state index contributed by atoms with van der Waals surface area (Å²) in [7, 11) is -1.36. The molecule has 1 aromatic carbocycles. The third-order valence-electron chi connectivity index (χ3n) is 4.34. The first-order valence-electron chi connectivity index (χ1n) is 8.81. The molecule has 1 amide bonds. The Balaban J connectivity index is 1.57. The van der Waals surface area contributed by atoms with Crippen molar-refractivity contribution in [3.05, 3.63) is 66.1 Å². The van der Waals surface area contributed by atoms with Crippen molar-refractivity contribution >= 4 is 15.7 Å². The molecule has 0 radical (unpaired) electrons. The van der Waals surface area contributed by atoms with Gasteiger partial charge in [0.15, 0.2) is 9.84 Å². The van der Waals surface area contributed by atoms with Gasteiger partial charge < -0.3 is 5.32 Å². The molecule has 1 N–H and O–H groups in total. The Morgan fingerprint density at radius 3 is 2.57 bits per heavy atom. The molecule has 28 heavy (non-hydrogen) atoms. The zero-order chi connectivity index (χ0) is 20.1. The maximum absolute atomic E-state index is 12.2. The fraction of sp³-hybridized carbons (Fsp3) is 0.250. The van der Waals surface area contributed by atoms with E-state index in [-0.39, 0.29) is 10.8 Å². The summed E-state index contributed by atoms with van der Waals surface area (Å²) < 4.78 is 24.7. The quantitative estimate of drug-likeness (QED) is 0.658. The van der Waals surface area contributed by atoms with Crippen LogP contribution in [0.2, 0.25) is 0 Å². The van der Waals surface area contributed by atoms with Crippen LogP contribution in [-0.4, -0.2) is 35.3 Å². The lowest BCUT2D eigenvalue weighted by molar-refractivity contribution is -0.121. The smallest absolute Gasteiger partial charge is 0.220 e. The molecule has 146 valence electrons. The Morgan fingerprint density at radius 1 is 1.18 bits per heavy atom. The van der Waals surface area contributed by atoms with E-state index in [4.69, 9.17) is 0 Å². The number of hydrogen-bond acceptors (Lipinski definition) is 5. The molecule has 0 spiro atoms. The van der Waals surface area contributed by atoms with E-state index >= 15 is 0 Å². The molecule has 0 saturated carbocycles. The highest BCUT2D eigenvalue weighted by atomic mass is 32.2. The first-order chi connectivity index (χ1) is 13.3. The molecule has 0 bridgehead atoms. The molecule has 3 aromatic rings. The van der Waals surface area contributed by atoms with Crippen LogP contribution in [0.3, 0.4) is 0 Å². The van der Waals surface area contributed by atoms with Gasteiger partial charge >= 0.3 is 0 Å². The van der Waals surface area contributed by atoms with Gasteiger partial charge in [0.2, 0.25) is 5.91 Å². The first kappa shape index (κ1) is 19.8. The van der Waals surface area contributed by atoms with Gasteiger partial charge in [0.05, 0.1) is 16.8 Å². The van der Waals surface area contributed by atoms with E-state index in [1.807, 2.05) is 25.4 Å². The summed E-state index contributed by atoms with van der Waals surface area (Å²) in [6, 6.07) is 10.4. The van der Waals surface area contributed by atoms with Gasteiger partial charge in [-0.1, -0.05) is 18.2 Å². The number of carbonyl (C=O) groups is 1. The number of nitrogens with one attached hydrogen (secondary N) is 1. The maximum atomic E-state index is 12.2. The largest absolute Gasteiger partial charge is 0.352 e. The Labute approximate surface area is 164 Å². The van der Waals surface area contributed by atoms with E-state index in [1.165, 1.54) is 6.26 Å². The van der Waals surface area contributed by atoms with E-state index in [0.29, 0.717) is 19.4 Å². The maximum Gasteiger partial charge on any atom is 0.220 e. The number of sulfone groups is 1. The first-order valence-corrected chi connectivity index (χ1v) is 10.7. The lowest BCUT2D eigenvalue weighted by atomic mass is 10.1. The number of aryl methyl sites for hydroxylation is 2. The minimum absolute atomic E-state index is 0.0758. The number of pyridine rings is 1. The van der Waals surface area contributed by atoms with Crippen molar-refractivity contribution in [1.82, 2.24) is 20.1 Å². The summed E-state index contributed by atoms with van der Waals surface area (Å²) in [5.41, 5.74) is 3.53. The van der Waals surface area contributed by atoms with Gasteiger partial charge in [-0.25, -0.2) is 8.42 Å². The molecule has 2 heterocycles. The minimum atomic E-state index is -3.21. The van der Waals surface area contributed by atoms with Crippen molar-refractivity contribution in [1.29, 1.82) is 0 Å². The fourth-order valence-electron chi connectivity index (χ4n) is 2.83. The normalized spacial score (nSPS) is 11.4. The Morgan fingerprint density at radius 2 is 1.93 bits per heavy atom. The highest BCUT2D eigenvalue weighted by molar-refractivity contribution is 7.90. The highest BCUT2D eigenvalue weighted by Gasteiger charge is 2.10. The van der Waals surface area contributed by atoms with Gasteiger partial charge in [0.1, 0.15) is 0 Å². The molecule has 7 nitrogen and oxygen atoms in total. The van der Waals surface area contributed by atoms with Crippen LogP contribution in [0.4, 0.5) is 0 Å². The average Bonchev–Trinajstić information content (AvgIpc) is 3.11. The van der Waals surface area contributed by atoms with Gasteiger partial charge in [-0.2, -0.15) is 5.10 Å². The Kier molecular flexibility index (Phi) is 5.89. The third-order valence-corrected chi connectivity index (χ3v) is 5.47. The van der Waals surface area contributed by atoms with Crippen molar-refractivity contribution in [2.24, 2.45) is 7.05 Å². The summed E-state index contributed by atoms with van der Waals surface area (Å²) in [4.78, 5) is 16.9. The standard InChI is InChI=1S/C20H22N4O3S/c1-24-14-17(13-23-24)20-16(4-3-11-21-20)12-22-19(25)10-7-15-5-8-18(9-6-15)28(2,26)27/h3-6,8-9,11,13-14H,7,10,12H2,1-2H3,(H,22,25). The van der Waals surface area contributed by atoms with Gasteiger partial charge in [0, 0.05) is 44.2 Å². The number of hydrogen-bond donors (Lipinski definition) is 1. The second-order valence-electron chi connectivity index (χ2n) is 6.61. The molecule has 0 aliphatic carbocycles. The van der Waals surface area contributed by atoms with Gasteiger partial charge in [-0.05, 0) is 35.7 Å². The second-order valence-corrected chi connectivity index (χ2v) is 8.62. The monoisotopic (exact) mass is 398 g/mol. The van der Waals surface area contributed by atoms with Crippen LogP contribution in [0.15, 0.2) is 59.9 Å². The minimum Gasteiger partial charge on any atom is -0.352 e. The molecule has 2 aromatic heterocycles. The van der Waals surface area contributed by atoms with Crippen LogP contribution in [0, 0.1) is 0 Å². The van der Waals surface area contributed by atoms with E-state index in [9.17, 15) is 13.2 Å². The topological polar surface area (TPSA) is 94.0 Å². The van der Waals surface area contributed by atoms with Crippen molar-refractivity contribution in [3.63, 3.8) is 0 Å². The summed E-state index contributed by atoms with van der Waals surface area (Å²) in [5.74, 6) is -0.0758. The molecule has 0 aliphatic heterocycles. The molecule has 0 aliphatic rings. The van der Waals surface area contributed by atoms with E-state index in [2.05, 4.69) is 15.4 Å². The van der Waals surface area contributed by atoms with Crippen molar-refractivity contribution in [2.45, 2.75) is 24.3 Å². The zero-order valence-corrected chi connectivity index (χ0v) is 16.6. The van der Waals surface area contributed by atoms with Crippen LogP contribution in [-0.2, 0) is 34.6 Å². The molecule has 3 rings (SSSR count). The number of benzene rings is 1. The van der Waals surface area contributed by atoms with Crippen LogP contribution < -0.4 is 5.32 Å². The second kappa shape index (κ2) is 8.35. The number of carbonyl (C=O) groups excluding carboxylic acids is 1. The summed E-state index contributed by atoms with van der Waals surface area (Å²) in [5, 5.41) is 7.09. The van der Waals surface area contributed by atoms with Gasteiger partial charge in [0.25, 0.3) is 0 Å². The van der Waals surface area contributed by atoms with Gasteiger partial charge in [-0.15, -0.1) is 0 Å². The molecule has 0 saturated heterocycles. The predicted molar refractivity (Wildman–Crippen MR) is 106 cm³/mol. The number of amides is 1. The zero-order valence-electron chi connectivity index (χ0n) is 15.8. The van der Waals surface area contributed by atoms with Gasteiger partial charge in [-0.3, -0.25) is 14.5 Å². The summed E-state index contributed by atoms with van der Waals surface area (Å²) >= 11 is 0. The number of aromatic nitrogens is 3. The molecule has 0 atom stereocenters. The number of rotatable bonds is 7. The van der Waals surface area contributed by atoms with Crippen LogP contribution in [0.5, 0.6) is 0 Å². The van der Waals surface area contributed by atoms with Crippen molar-refractivity contribution in [3.8, 4) is 11.3 Å². The lowest BCUT2D eigenvalue weighted by Crippen LogP contribution is -2.23. The summed E-state index contributed by atoms with van der Waals surface area (Å²) in [6.45, 7) is 0.379. The number of nitrogens with zero attached hydrogens (tertiary/aromatic N) is 3. The predicted octanol–water partition coefficient (Wildman–Crippen LogP) is 2.13. The van der Waals surface area contributed by atoms with Crippen LogP contribution >= 0.6 is 0 Å². The lowest BCUT2D eigenvalue weighted by Gasteiger charge is -2.09. The van der Waals surface area contributed by atoms with Crippen LogP contribution in [0.25, 0.3) is 11.3 Å². The molecular weight excluding hydrogens is 376 g/mol. The molecule has 0 fully saturated rings. The Hall–Kier alpha value is -3.00.